The van der Waals surface area contributed by atoms with Gasteiger partial charge in [-0.3, -0.25) is 14.4 Å². The van der Waals surface area contributed by atoms with Crippen molar-refractivity contribution in [3.8, 4) is 0 Å². The Morgan fingerprint density at radius 3 is 2.45 bits per heavy atom. The molecule has 204 valence electrons. The number of hydrogen-bond acceptors (Lipinski definition) is 5. The van der Waals surface area contributed by atoms with Gasteiger partial charge in [0.1, 0.15) is 11.5 Å². The zero-order valence-corrected chi connectivity index (χ0v) is 23.7. The molecule has 1 unspecified atom stereocenters. The van der Waals surface area contributed by atoms with Gasteiger partial charge in [-0.25, -0.2) is 4.39 Å². The summed E-state index contributed by atoms with van der Waals surface area (Å²) in [7, 11) is 0. The molecule has 0 saturated carbocycles. The lowest BCUT2D eigenvalue weighted by molar-refractivity contribution is -0.116. The van der Waals surface area contributed by atoms with E-state index in [-0.39, 0.29) is 16.6 Å². The molecule has 4 aromatic rings. The normalized spacial score (nSPS) is 11.9. The molecule has 4 rings (SSSR count). The van der Waals surface area contributed by atoms with Crippen LogP contribution in [-0.4, -0.2) is 23.0 Å². The number of halogens is 2. The Morgan fingerprint density at radius 2 is 1.75 bits per heavy atom. The maximum Gasteiger partial charge on any atom is 0.272 e. The molecule has 40 heavy (non-hydrogen) atoms. The third kappa shape index (κ3) is 8.05. The van der Waals surface area contributed by atoms with Crippen LogP contribution in [0.5, 0.6) is 0 Å². The van der Waals surface area contributed by atoms with E-state index in [0.29, 0.717) is 23.4 Å². The van der Waals surface area contributed by atoms with Crippen molar-refractivity contribution in [2.75, 3.05) is 10.6 Å². The van der Waals surface area contributed by atoms with Crippen molar-refractivity contribution in [3.63, 3.8) is 0 Å². The van der Waals surface area contributed by atoms with Gasteiger partial charge in [0.05, 0.1) is 10.3 Å². The molecule has 0 radical (unpaired) electrons. The lowest BCUT2D eigenvalue weighted by Crippen LogP contribution is -2.30. The van der Waals surface area contributed by atoms with Crippen molar-refractivity contribution in [1.29, 1.82) is 0 Å². The number of thiophene rings is 1. The fraction of sp³-hybridized carbons (Fsp3) is 0.100. The van der Waals surface area contributed by atoms with Crippen LogP contribution in [-0.2, 0) is 9.59 Å². The van der Waals surface area contributed by atoms with E-state index in [2.05, 4.69) is 16.0 Å². The van der Waals surface area contributed by atoms with Crippen LogP contribution < -0.4 is 16.0 Å². The van der Waals surface area contributed by atoms with Crippen LogP contribution in [0.3, 0.4) is 0 Å². The van der Waals surface area contributed by atoms with Gasteiger partial charge in [-0.05, 0) is 83.4 Å². The fourth-order valence-electron chi connectivity index (χ4n) is 3.59. The van der Waals surface area contributed by atoms with Gasteiger partial charge in [0.2, 0.25) is 5.91 Å². The molecular weight excluding hydrogens is 569 g/mol. The molecular formula is C30H25ClFN3O3S2. The number of thioether (sulfide) groups is 1. The Morgan fingerprint density at radius 1 is 0.975 bits per heavy atom. The number of anilines is 2. The number of rotatable bonds is 10. The Balaban J connectivity index is 1.46. The highest BCUT2D eigenvalue weighted by Gasteiger charge is 2.20. The summed E-state index contributed by atoms with van der Waals surface area (Å²) in [4.78, 5) is 39.7. The first-order valence-electron chi connectivity index (χ1n) is 12.3. The number of nitrogens with one attached hydrogen (secondary N) is 3. The van der Waals surface area contributed by atoms with Crippen molar-refractivity contribution >= 4 is 69.9 Å². The zero-order chi connectivity index (χ0) is 28.5. The van der Waals surface area contributed by atoms with Crippen molar-refractivity contribution in [2.45, 2.75) is 23.5 Å². The number of hydrogen-bond donors (Lipinski definition) is 3. The van der Waals surface area contributed by atoms with Crippen LogP contribution in [0.4, 0.5) is 15.8 Å². The van der Waals surface area contributed by atoms with Gasteiger partial charge in [-0.15, -0.1) is 11.8 Å². The summed E-state index contributed by atoms with van der Waals surface area (Å²) in [5.41, 5.74) is 2.21. The first kappa shape index (κ1) is 29.1. The lowest BCUT2D eigenvalue weighted by Gasteiger charge is -2.16. The van der Waals surface area contributed by atoms with Crippen LogP contribution >= 0.6 is 34.7 Å². The highest BCUT2D eigenvalue weighted by molar-refractivity contribution is 8.00. The number of benzene rings is 3. The molecule has 3 aromatic carbocycles. The highest BCUT2D eigenvalue weighted by Crippen LogP contribution is 2.29. The van der Waals surface area contributed by atoms with E-state index in [9.17, 15) is 18.8 Å². The van der Waals surface area contributed by atoms with E-state index in [1.54, 1.807) is 48.5 Å². The highest BCUT2D eigenvalue weighted by atomic mass is 35.5. The third-order valence-corrected chi connectivity index (χ3v) is 7.95. The minimum Gasteiger partial charge on any atom is -0.325 e. The summed E-state index contributed by atoms with van der Waals surface area (Å²) in [6.07, 6.45) is 2.14. The molecule has 0 bridgehead atoms. The second kappa shape index (κ2) is 13.9. The van der Waals surface area contributed by atoms with Gasteiger partial charge >= 0.3 is 0 Å². The molecule has 3 N–H and O–H groups in total. The second-order valence-corrected chi connectivity index (χ2v) is 11.0. The van der Waals surface area contributed by atoms with E-state index in [4.69, 9.17) is 11.6 Å². The van der Waals surface area contributed by atoms with Gasteiger partial charge in [-0.1, -0.05) is 42.8 Å². The van der Waals surface area contributed by atoms with Crippen LogP contribution in [0.15, 0.2) is 100 Å². The first-order chi connectivity index (χ1) is 19.3. The largest absolute Gasteiger partial charge is 0.325 e. The predicted octanol–water partition coefficient (Wildman–Crippen LogP) is 7.46. The number of carbonyl (C=O) groups excluding carboxylic acids is 3. The molecule has 0 aliphatic heterocycles. The Labute approximate surface area is 244 Å². The maximum atomic E-state index is 13.5. The lowest BCUT2D eigenvalue weighted by atomic mass is 10.2. The van der Waals surface area contributed by atoms with Gasteiger partial charge in [-0.2, -0.15) is 11.3 Å². The maximum absolute atomic E-state index is 13.5. The average molecular weight is 594 g/mol. The third-order valence-electron chi connectivity index (χ3n) is 5.60. The Kier molecular flexibility index (Phi) is 10.1. The van der Waals surface area contributed by atoms with E-state index in [1.165, 1.54) is 41.3 Å². The Bertz CT molecular complexity index is 1530. The quantitative estimate of drug-likeness (QED) is 0.132. The molecule has 3 amide bonds. The predicted molar refractivity (Wildman–Crippen MR) is 161 cm³/mol. The van der Waals surface area contributed by atoms with E-state index < -0.39 is 22.9 Å². The SMILES string of the molecule is CCC(Sc1cccc(NC(=O)/C(=C/c2ccsc2)NC(=O)c2ccccc2)c1)C(=O)Nc1ccc(F)c(Cl)c1. The monoisotopic (exact) mass is 593 g/mol. The molecule has 0 aliphatic carbocycles. The molecule has 10 heteroatoms. The molecule has 0 fully saturated rings. The van der Waals surface area contributed by atoms with Crippen LogP contribution in [0.2, 0.25) is 5.02 Å². The zero-order valence-electron chi connectivity index (χ0n) is 21.3. The van der Waals surface area contributed by atoms with Crippen molar-refractivity contribution < 1.29 is 18.8 Å². The molecule has 6 nitrogen and oxygen atoms in total. The van der Waals surface area contributed by atoms with E-state index in [0.717, 1.165) is 10.5 Å². The van der Waals surface area contributed by atoms with Gasteiger partial charge < -0.3 is 16.0 Å². The van der Waals surface area contributed by atoms with Crippen LogP contribution in [0.1, 0.15) is 29.3 Å². The van der Waals surface area contributed by atoms with E-state index in [1.807, 2.05) is 35.9 Å². The minimum absolute atomic E-state index is 0.0747. The van der Waals surface area contributed by atoms with Crippen LogP contribution in [0.25, 0.3) is 6.08 Å². The molecule has 1 aromatic heterocycles. The van der Waals surface area contributed by atoms with Crippen molar-refractivity contribution in [2.24, 2.45) is 0 Å². The summed E-state index contributed by atoms with van der Waals surface area (Å²) < 4.78 is 13.5. The van der Waals surface area contributed by atoms with E-state index >= 15 is 0 Å². The summed E-state index contributed by atoms with van der Waals surface area (Å²) in [6, 6.07) is 21.6. The smallest absolute Gasteiger partial charge is 0.272 e. The molecule has 0 aliphatic rings. The molecule has 0 spiro atoms. The number of amides is 3. The number of carbonyl (C=O) groups is 3. The second-order valence-electron chi connectivity index (χ2n) is 8.55. The molecule has 1 heterocycles. The Hall–Kier alpha value is -3.92. The van der Waals surface area contributed by atoms with Gasteiger partial charge in [0.15, 0.2) is 0 Å². The van der Waals surface area contributed by atoms with Gasteiger partial charge in [0, 0.05) is 21.8 Å². The molecule has 1 atom stereocenters. The minimum atomic E-state index is -0.562. The van der Waals surface area contributed by atoms with Crippen LogP contribution in [0, 0.1) is 5.82 Å². The van der Waals surface area contributed by atoms with Crippen molar-refractivity contribution in [1.82, 2.24) is 5.32 Å². The summed E-state index contributed by atoms with van der Waals surface area (Å²) in [6.45, 7) is 1.89. The van der Waals surface area contributed by atoms with Gasteiger partial charge in [0.25, 0.3) is 11.8 Å². The fourth-order valence-corrected chi connectivity index (χ4v) is 5.41. The summed E-state index contributed by atoms with van der Waals surface area (Å²) in [5.74, 6) is -1.71. The first-order valence-corrected chi connectivity index (χ1v) is 14.5. The summed E-state index contributed by atoms with van der Waals surface area (Å²) in [5, 5.41) is 11.6. The summed E-state index contributed by atoms with van der Waals surface area (Å²) >= 11 is 8.64. The van der Waals surface area contributed by atoms with Crippen molar-refractivity contribution in [3.05, 3.63) is 117 Å². The standard InChI is InChI=1S/C30H25ClFN3O3S2/c1-2-27(30(38)34-22-11-12-25(32)24(31)17-22)40-23-10-6-9-21(16-23)33-29(37)26(15-19-13-14-39-18-19)35-28(36)20-7-4-3-5-8-20/h3-18,27H,2H2,1H3,(H,33,37)(H,34,38)(H,35,36)/b26-15-. The topological polar surface area (TPSA) is 87.3 Å². The molecule has 0 saturated heterocycles. The average Bonchev–Trinajstić information content (AvgIpc) is 3.47.